The van der Waals surface area contributed by atoms with Crippen LogP contribution in [0.3, 0.4) is 0 Å². The first-order chi connectivity index (χ1) is 5.49. The first-order valence-electron chi connectivity index (χ1n) is 5.17. The highest BCUT2D eigenvalue weighted by Gasteiger charge is 2.18. The lowest BCUT2D eigenvalue weighted by Gasteiger charge is -2.25. The van der Waals surface area contributed by atoms with Crippen molar-refractivity contribution in [3.63, 3.8) is 0 Å². The quantitative estimate of drug-likeness (QED) is 0.619. The third-order valence-electron chi connectivity index (χ3n) is 2.77. The summed E-state index contributed by atoms with van der Waals surface area (Å²) in [4.78, 5) is 0. The van der Waals surface area contributed by atoms with Gasteiger partial charge in [-0.3, -0.25) is 0 Å². The molecule has 12 heavy (non-hydrogen) atoms. The third-order valence-corrected chi connectivity index (χ3v) is 3.60. The molecule has 74 valence electrons. The molecular formula is C11H24S. The van der Waals surface area contributed by atoms with Crippen molar-refractivity contribution in [2.45, 2.75) is 52.7 Å². The van der Waals surface area contributed by atoms with Crippen LogP contribution in [0.25, 0.3) is 0 Å². The second kappa shape index (κ2) is 5.90. The molecule has 0 radical (unpaired) electrons. The summed E-state index contributed by atoms with van der Waals surface area (Å²) in [5.74, 6) is 2.38. The Hall–Kier alpha value is 0.350. The lowest BCUT2D eigenvalue weighted by Crippen LogP contribution is -2.20. The van der Waals surface area contributed by atoms with E-state index in [0.29, 0.717) is 5.25 Å². The SMILES string of the molecule is CCC(S)C(C)C(C)CC(C)C. The summed E-state index contributed by atoms with van der Waals surface area (Å²) >= 11 is 4.59. The maximum Gasteiger partial charge on any atom is 0.00423 e. The van der Waals surface area contributed by atoms with Crippen LogP contribution in [-0.2, 0) is 0 Å². The maximum atomic E-state index is 4.59. The van der Waals surface area contributed by atoms with Gasteiger partial charge in [0.2, 0.25) is 0 Å². The Morgan fingerprint density at radius 3 is 1.92 bits per heavy atom. The van der Waals surface area contributed by atoms with E-state index >= 15 is 0 Å². The van der Waals surface area contributed by atoms with Crippen molar-refractivity contribution in [2.24, 2.45) is 17.8 Å². The predicted octanol–water partition coefficient (Wildman–Crippen LogP) is 4.01. The molecule has 0 aromatic carbocycles. The van der Waals surface area contributed by atoms with Crippen molar-refractivity contribution in [1.29, 1.82) is 0 Å². The molecule has 0 saturated heterocycles. The van der Waals surface area contributed by atoms with Gasteiger partial charge in [-0.25, -0.2) is 0 Å². The fraction of sp³-hybridized carbons (Fsp3) is 1.00. The molecule has 1 heteroatoms. The minimum atomic E-state index is 0.582. The number of hydrogen-bond donors (Lipinski definition) is 1. The third kappa shape index (κ3) is 4.39. The molecule has 0 aromatic rings. The van der Waals surface area contributed by atoms with Crippen LogP contribution in [0.4, 0.5) is 0 Å². The summed E-state index contributed by atoms with van der Waals surface area (Å²) in [6, 6.07) is 0. The first-order valence-corrected chi connectivity index (χ1v) is 5.68. The Morgan fingerprint density at radius 1 is 1.08 bits per heavy atom. The van der Waals surface area contributed by atoms with Gasteiger partial charge in [0.05, 0.1) is 0 Å². The molecule has 0 aliphatic rings. The van der Waals surface area contributed by atoms with Crippen LogP contribution in [0.2, 0.25) is 0 Å². The molecule has 0 nitrogen and oxygen atoms in total. The maximum absolute atomic E-state index is 4.59. The minimum Gasteiger partial charge on any atom is -0.176 e. The van der Waals surface area contributed by atoms with Crippen molar-refractivity contribution in [3.05, 3.63) is 0 Å². The van der Waals surface area contributed by atoms with E-state index in [9.17, 15) is 0 Å². The average molecular weight is 188 g/mol. The molecule has 3 atom stereocenters. The monoisotopic (exact) mass is 188 g/mol. The molecule has 0 aliphatic heterocycles. The van der Waals surface area contributed by atoms with Crippen LogP contribution in [-0.4, -0.2) is 5.25 Å². The van der Waals surface area contributed by atoms with Crippen molar-refractivity contribution in [2.75, 3.05) is 0 Å². The van der Waals surface area contributed by atoms with E-state index in [-0.39, 0.29) is 0 Å². The number of hydrogen-bond acceptors (Lipinski definition) is 1. The molecule has 0 aliphatic carbocycles. The summed E-state index contributed by atoms with van der Waals surface area (Å²) in [5.41, 5.74) is 0. The zero-order chi connectivity index (χ0) is 9.72. The van der Waals surface area contributed by atoms with Crippen LogP contribution in [0.5, 0.6) is 0 Å². The molecule has 0 fully saturated rings. The topological polar surface area (TPSA) is 0 Å². The Kier molecular flexibility index (Phi) is 6.08. The van der Waals surface area contributed by atoms with Crippen LogP contribution < -0.4 is 0 Å². The fourth-order valence-electron chi connectivity index (χ4n) is 1.71. The van der Waals surface area contributed by atoms with Gasteiger partial charge in [-0.15, -0.1) is 0 Å². The number of rotatable bonds is 5. The highest BCUT2D eigenvalue weighted by molar-refractivity contribution is 7.81. The van der Waals surface area contributed by atoms with E-state index in [1.165, 1.54) is 12.8 Å². The molecular weight excluding hydrogens is 164 g/mol. The van der Waals surface area contributed by atoms with Gasteiger partial charge in [-0.2, -0.15) is 12.6 Å². The molecule has 0 rings (SSSR count). The zero-order valence-corrected chi connectivity index (χ0v) is 10.1. The largest absolute Gasteiger partial charge is 0.176 e. The van der Waals surface area contributed by atoms with Crippen molar-refractivity contribution in [3.8, 4) is 0 Å². The second-order valence-corrected chi connectivity index (χ2v) is 5.10. The predicted molar refractivity (Wildman–Crippen MR) is 60.8 cm³/mol. The molecule has 0 aromatic heterocycles. The second-order valence-electron chi connectivity index (χ2n) is 4.44. The van der Waals surface area contributed by atoms with Crippen molar-refractivity contribution in [1.82, 2.24) is 0 Å². The van der Waals surface area contributed by atoms with E-state index in [1.807, 2.05) is 0 Å². The highest BCUT2D eigenvalue weighted by atomic mass is 32.1. The molecule has 0 heterocycles. The minimum absolute atomic E-state index is 0.582. The van der Waals surface area contributed by atoms with E-state index in [4.69, 9.17) is 0 Å². The van der Waals surface area contributed by atoms with Gasteiger partial charge >= 0.3 is 0 Å². The fourth-order valence-corrected chi connectivity index (χ4v) is 2.00. The Bertz CT molecular complexity index is 110. The summed E-state index contributed by atoms with van der Waals surface area (Å²) in [6.45, 7) is 11.5. The molecule has 0 N–H and O–H groups in total. The summed E-state index contributed by atoms with van der Waals surface area (Å²) < 4.78 is 0. The standard InChI is InChI=1S/C11H24S/c1-6-11(12)10(5)9(4)7-8(2)3/h8-12H,6-7H2,1-5H3. The van der Waals surface area contributed by atoms with Crippen molar-refractivity contribution < 1.29 is 0 Å². The first kappa shape index (κ1) is 12.3. The summed E-state index contributed by atoms with van der Waals surface area (Å²) in [6.07, 6.45) is 2.52. The molecule has 0 amide bonds. The Morgan fingerprint density at radius 2 is 1.58 bits per heavy atom. The van der Waals surface area contributed by atoms with E-state index in [2.05, 4.69) is 47.2 Å². The summed E-state index contributed by atoms with van der Waals surface area (Å²) in [7, 11) is 0. The normalized spacial score (nSPS) is 19.2. The number of thiol groups is 1. The van der Waals surface area contributed by atoms with Crippen LogP contribution in [0.15, 0.2) is 0 Å². The van der Waals surface area contributed by atoms with Gasteiger partial charge in [0.15, 0.2) is 0 Å². The Balaban J connectivity index is 3.83. The van der Waals surface area contributed by atoms with Gasteiger partial charge in [0.25, 0.3) is 0 Å². The Labute approximate surface area is 83.5 Å². The van der Waals surface area contributed by atoms with E-state index < -0.39 is 0 Å². The lowest BCUT2D eigenvalue weighted by atomic mass is 9.85. The van der Waals surface area contributed by atoms with Crippen LogP contribution >= 0.6 is 12.6 Å². The summed E-state index contributed by atoms with van der Waals surface area (Å²) in [5, 5.41) is 0.582. The molecule has 0 saturated carbocycles. The van der Waals surface area contributed by atoms with Gasteiger partial charge in [0.1, 0.15) is 0 Å². The van der Waals surface area contributed by atoms with Crippen LogP contribution in [0, 0.1) is 17.8 Å². The van der Waals surface area contributed by atoms with Gasteiger partial charge in [-0.05, 0) is 30.6 Å². The highest BCUT2D eigenvalue weighted by Crippen LogP contribution is 2.26. The van der Waals surface area contributed by atoms with Gasteiger partial charge in [-0.1, -0.05) is 34.6 Å². The molecule has 3 unspecified atom stereocenters. The van der Waals surface area contributed by atoms with Gasteiger partial charge < -0.3 is 0 Å². The van der Waals surface area contributed by atoms with E-state index in [0.717, 1.165) is 17.8 Å². The smallest absolute Gasteiger partial charge is 0.00423 e. The molecule has 0 spiro atoms. The average Bonchev–Trinajstić information content (AvgIpc) is 2.00. The lowest BCUT2D eigenvalue weighted by molar-refractivity contribution is 0.314. The van der Waals surface area contributed by atoms with Crippen molar-refractivity contribution >= 4 is 12.6 Å². The zero-order valence-electron chi connectivity index (χ0n) is 9.17. The van der Waals surface area contributed by atoms with Gasteiger partial charge in [0, 0.05) is 5.25 Å². The van der Waals surface area contributed by atoms with Crippen LogP contribution in [0.1, 0.15) is 47.5 Å². The molecule has 0 bridgehead atoms. The van der Waals surface area contributed by atoms with E-state index in [1.54, 1.807) is 0 Å².